The lowest BCUT2D eigenvalue weighted by Crippen LogP contribution is -2.39. The van der Waals surface area contributed by atoms with E-state index < -0.39 is 11.8 Å². The van der Waals surface area contributed by atoms with Gasteiger partial charge >= 0.3 is 11.8 Å². The fourth-order valence-electron chi connectivity index (χ4n) is 1.53. The van der Waals surface area contributed by atoms with Crippen LogP contribution in [-0.2, 0) is 9.59 Å². The molecule has 23 heavy (non-hydrogen) atoms. The third kappa shape index (κ3) is 6.27. The number of benzene rings is 1. The second-order valence-electron chi connectivity index (χ2n) is 5.09. The molecule has 7 nitrogen and oxygen atoms in total. The number of amides is 2. The summed E-state index contributed by atoms with van der Waals surface area (Å²) in [5, 5.41) is 16.0. The van der Waals surface area contributed by atoms with E-state index in [2.05, 4.69) is 31.8 Å². The molecule has 1 aromatic carbocycles. The number of carbonyl (C=O) groups is 2. The molecule has 0 bridgehead atoms. The van der Waals surface area contributed by atoms with E-state index in [1.165, 1.54) is 6.21 Å². The first-order valence-corrected chi connectivity index (χ1v) is 7.91. The summed E-state index contributed by atoms with van der Waals surface area (Å²) in [4.78, 5) is 23.0. The van der Waals surface area contributed by atoms with Crippen molar-refractivity contribution in [2.24, 2.45) is 11.0 Å². The van der Waals surface area contributed by atoms with Gasteiger partial charge in [0.2, 0.25) is 0 Å². The Hall–Kier alpha value is -2.09. The van der Waals surface area contributed by atoms with Crippen molar-refractivity contribution in [1.82, 2.24) is 10.7 Å². The van der Waals surface area contributed by atoms with Crippen LogP contribution in [0.1, 0.15) is 26.3 Å². The molecular formula is C15H20BrN3O4. The summed E-state index contributed by atoms with van der Waals surface area (Å²) in [6.07, 6.45) is 1.35. The molecule has 126 valence electrons. The van der Waals surface area contributed by atoms with Crippen molar-refractivity contribution in [3.05, 3.63) is 22.2 Å². The van der Waals surface area contributed by atoms with Crippen molar-refractivity contribution in [2.45, 2.75) is 20.8 Å². The lowest BCUT2D eigenvalue weighted by molar-refractivity contribution is -0.139. The molecule has 2 amide bonds. The third-order valence-electron chi connectivity index (χ3n) is 2.61. The number of hydrogen-bond donors (Lipinski definition) is 3. The summed E-state index contributed by atoms with van der Waals surface area (Å²) in [6, 6.07) is 3.17. The van der Waals surface area contributed by atoms with E-state index in [4.69, 9.17) is 4.74 Å². The lowest BCUT2D eigenvalue weighted by Gasteiger charge is -2.08. The molecule has 0 saturated carbocycles. The molecule has 0 heterocycles. The highest BCUT2D eigenvalue weighted by Gasteiger charge is 2.12. The van der Waals surface area contributed by atoms with Gasteiger partial charge in [-0.1, -0.05) is 13.8 Å². The van der Waals surface area contributed by atoms with Crippen molar-refractivity contribution >= 4 is 34.0 Å². The second kappa shape index (κ2) is 9.14. The van der Waals surface area contributed by atoms with Crippen LogP contribution in [0.5, 0.6) is 11.5 Å². The monoisotopic (exact) mass is 385 g/mol. The Labute approximate surface area is 143 Å². The van der Waals surface area contributed by atoms with E-state index in [1.54, 1.807) is 19.1 Å². The van der Waals surface area contributed by atoms with E-state index >= 15 is 0 Å². The highest BCUT2D eigenvalue weighted by molar-refractivity contribution is 9.10. The van der Waals surface area contributed by atoms with Crippen LogP contribution in [0.3, 0.4) is 0 Å². The number of nitrogens with zero attached hydrogens (tertiary/aromatic N) is 1. The third-order valence-corrected chi connectivity index (χ3v) is 3.21. The minimum Gasteiger partial charge on any atom is -0.503 e. The Bertz CT molecular complexity index is 603. The van der Waals surface area contributed by atoms with Gasteiger partial charge in [-0.15, -0.1) is 0 Å². The molecule has 0 atom stereocenters. The molecule has 0 aromatic heterocycles. The summed E-state index contributed by atoms with van der Waals surface area (Å²) in [6.45, 7) is 6.46. The molecule has 1 aromatic rings. The van der Waals surface area contributed by atoms with Crippen molar-refractivity contribution in [1.29, 1.82) is 0 Å². The molecule has 3 N–H and O–H groups in total. The molecule has 0 spiro atoms. The van der Waals surface area contributed by atoms with Crippen LogP contribution in [0.15, 0.2) is 21.7 Å². The molecule has 0 unspecified atom stereocenters. The smallest absolute Gasteiger partial charge is 0.329 e. The number of halogens is 1. The minimum absolute atomic E-state index is 0.0129. The Kier molecular flexibility index (Phi) is 7.53. The van der Waals surface area contributed by atoms with Crippen LogP contribution < -0.4 is 15.5 Å². The number of nitrogens with one attached hydrogen (secondary N) is 2. The summed E-state index contributed by atoms with van der Waals surface area (Å²) in [7, 11) is 0. The molecule has 8 heteroatoms. The topological polar surface area (TPSA) is 100 Å². The fourth-order valence-corrected chi connectivity index (χ4v) is 1.99. The van der Waals surface area contributed by atoms with Gasteiger partial charge in [0.1, 0.15) is 0 Å². The maximum absolute atomic E-state index is 11.5. The largest absolute Gasteiger partial charge is 0.503 e. The zero-order chi connectivity index (χ0) is 17.4. The van der Waals surface area contributed by atoms with Gasteiger partial charge in [-0.3, -0.25) is 9.59 Å². The Morgan fingerprint density at radius 1 is 1.39 bits per heavy atom. The molecule has 0 aliphatic rings. The fraction of sp³-hybridized carbons (Fsp3) is 0.400. The number of ether oxygens (including phenoxy) is 1. The van der Waals surface area contributed by atoms with Crippen LogP contribution in [0.4, 0.5) is 0 Å². The normalized spacial score (nSPS) is 10.8. The predicted molar refractivity (Wildman–Crippen MR) is 90.6 cm³/mol. The number of aromatic hydroxyl groups is 1. The summed E-state index contributed by atoms with van der Waals surface area (Å²) in [5.74, 6) is -1.05. The second-order valence-corrected chi connectivity index (χ2v) is 5.94. The van der Waals surface area contributed by atoms with Crippen molar-refractivity contribution < 1.29 is 19.4 Å². The summed E-state index contributed by atoms with van der Waals surface area (Å²) in [5.41, 5.74) is 2.72. The SMILES string of the molecule is CCOc1cc(/C=N\NC(=O)C(=O)NCC(C)C)cc(Br)c1O. The molecule has 0 fully saturated rings. The number of phenolic OH excluding ortho intramolecular Hbond substituents is 1. The van der Waals surface area contributed by atoms with Crippen LogP contribution in [0.25, 0.3) is 0 Å². The van der Waals surface area contributed by atoms with Gasteiger partial charge in [0.05, 0.1) is 17.3 Å². The van der Waals surface area contributed by atoms with Gasteiger partial charge in [0.15, 0.2) is 11.5 Å². The average molecular weight is 386 g/mol. The van der Waals surface area contributed by atoms with Crippen LogP contribution >= 0.6 is 15.9 Å². The van der Waals surface area contributed by atoms with Gasteiger partial charge in [0, 0.05) is 6.54 Å². The maximum Gasteiger partial charge on any atom is 0.329 e. The van der Waals surface area contributed by atoms with Gasteiger partial charge in [0.25, 0.3) is 0 Å². The average Bonchev–Trinajstić information content (AvgIpc) is 2.49. The molecular weight excluding hydrogens is 366 g/mol. The van der Waals surface area contributed by atoms with Gasteiger partial charge in [-0.25, -0.2) is 5.43 Å². The van der Waals surface area contributed by atoms with Crippen LogP contribution in [0.2, 0.25) is 0 Å². The number of hydrazone groups is 1. The van der Waals surface area contributed by atoms with Crippen LogP contribution in [-0.4, -0.2) is 36.3 Å². The van der Waals surface area contributed by atoms with Crippen molar-refractivity contribution in [3.63, 3.8) is 0 Å². The van der Waals surface area contributed by atoms with E-state index in [9.17, 15) is 14.7 Å². The number of carbonyl (C=O) groups excluding carboxylic acids is 2. The summed E-state index contributed by atoms with van der Waals surface area (Å²) >= 11 is 3.20. The van der Waals surface area contributed by atoms with Crippen LogP contribution in [0, 0.1) is 5.92 Å². The van der Waals surface area contributed by atoms with E-state index in [-0.39, 0.29) is 11.7 Å². The highest BCUT2D eigenvalue weighted by Crippen LogP contribution is 2.34. The molecule has 0 aliphatic heterocycles. The maximum atomic E-state index is 11.5. The molecule has 0 radical (unpaired) electrons. The van der Waals surface area contributed by atoms with Gasteiger partial charge in [-0.05, 0) is 46.5 Å². The Morgan fingerprint density at radius 3 is 2.70 bits per heavy atom. The number of rotatable bonds is 6. The number of phenols is 1. The molecule has 1 rings (SSSR count). The zero-order valence-electron chi connectivity index (χ0n) is 13.2. The predicted octanol–water partition coefficient (Wildman–Crippen LogP) is 1.78. The Balaban J connectivity index is 2.67. The quantitative estimate of drug-likeness (QED) is 0.394. The van der Waals surface area contributed by atoms with E-state index in [0.717, 1.165) is 0 Å². The van der Waals surface area contributed by atoms with E-state index in [1.807, 2.05) is 13.8 Å². The van der Waals surface area contributed by atoms with Gasteiger partial charge < -0.3 is 15.2 Å². The van der Waals surface area contributed by atoms with Gasteiger partial charge in [-0.2, -0.15) is 5.10 Å². The first-order chi connectivity index (χ1) is 10.8. The zero-order valence-corrected chi connectivity index (χ0v) is 14.8. The van der Waals surface area contributed by atoms with Crippen molar-refractivity contribution in [3.8, 4) is 11.5 Å². The first kappa shape index (κ1) is 19.0. The minimum atomic E-state index is -0.843. The molecule has 0 saturated heterocycles. The van der Waals surface area contributed by atoms with Crippen molar-refractivity contribution in [2.75, 3.05) is 13.2 Å². The molecule has 0 aliphatic carbocycles. The lowest BCUT2D eigenvalue weighted by atomic mass is 10.2. The highest BCUT2D eigenvalue weighted by atomic mass is 79.9. The summed E-state index contributed by atoms with van der Waals surface area (Å²) < 4.78 is 5.72. The Morgan fingerprint density at radius 2 is 2.09 bits per heavy atom. The standard InChI is InChI=1S/C15H20BrN3O4/c1-4-23-12-6-10(5-11(16)13(12)20)8-18-19-15(22)14(21)17-7-9(2)3/h5-6,8-9,20H,4,7H2,1-3H3,(H,17,21)(H,19,22)/b18-8-. The first-order valence-electron chi connectivity index (χ1n) is 7.11. The van der Waals surface area contributed by atoms with E-state index in [0.29, 0.717) is 28.9 Å². The number of hydrogen-bond acceptors (Lipinski definition) is 5.